The average molecular weight is 449 g/mol. The summed E-state index contributed by atoms with van der Waals surface area (Å²) in [6.07, 6.45) is 1.43. The van der Waals surface area contributed by atoms with Crippen molar-refractivity contribution < 1.29 is 13.9 Å². The molecule has 4 rings (SSSR count). The van der Waals surface area contributed by atoms with Crippen LogP contribution >= 0.6 is 11.6 Å². The van der Waals surface area contributed by atoms with Crippen molar-refractivity contribution in [3.05, 3.63) is 107 Å². The minimum absolute atomic E-state index is 0.263. The Hall–Kier alpha value is -3.97. The maximum atomic E-state index is 12.9. The molecule has 3 aromatic carbocycles. The number of nitrogens with zero attached hydrogens (tertiary/aromatic N) is 2. The number of carbonyl (C=O) groups excluding carboxylic acids is 1. The van der Waals surface area contributed by atoms with E-state index in [4.69, 9.17) is 16.3 Å². The third-order valence-electron chi connectivity index (χ3n) is 4.54. The molecule has 1 aromatic heterocycles. The molecule has 2 N–H and O–H groups in total. The van der Waals surface area contributed by atoms with Crippen LogP contribution in [0.5, 0.6) is 5.75 Å². The van der Waals surface area contributed by atoms with Crippen molar-refractivity contribution in [2.24, 2.45) is 5.10 Å². The van der Waals surface area contributed by atoms with E-state index in [1.807, 2.05) is 48.5 Å². The van der Waals surface area contributed by atoms with Gasteiger partial charge in [0.15, 0.2) is 0 Å². The van der Waals surface area contributed by atoms with Crippen molar-refractivity contribution in [3.8, 4) is 17.0 Å². The number of amides is 1. The maximum absolute atomic E-state index is 12.9. The zero-order chi connectivity index (χ0) is 22.3. The van der Waals surface area contributed by atoms with Gasteiger partial charge in [-0.2, -0.15) is 10.2 Å². The largest absolute Gasteiger partial charge is 0.489 e. The predicted molar refractivity (Wildman–Crippen MR) is 121 cm³/mol. The van der Waals surface area contributed by atoms with Crippen molar-refractivity contribution in [1.82, 2.24) is 15.6 Å². The quantitative estimate of drug-likeness (QED) is 0.301. The number of nitrogens with one attached hydrogen (secondary N) is 2. The van der Waals surface area contributed by atoms with E-state index < -0.39 is 5.91 Å². The number of hydrazone groups is 1. The lowest BCUT2D eigenvalue weighted by atomic mass is 10.1. The highest BCUT2D eigenvalue weighted by molar-refractivity contribution is 6.30. The van der Waals surface area contributed by atoms with E-state index in [1.54, 1.807) is 18.2 Å². The summed E-state index contributed by atoms with van der Waals surface area (Å²) in [7, 11) is 0. The van der Waals surface area contributed by atoms with Gasteiger partial charge in [-0.3, -0.25) is 9.89 Å². The molecule has 0 fully saturated rings. The van der Waals surface area contributed by atoms with Gasteiger partial charge in [0.2, 0.25) is 0 Å². The zero-order valence-corrected chi connectivity index (χ0v) is 17.5. The summed E-state index contributed by atoms with van der Waals surface area (Å²) in [4.78, 5) is 12.2. The number of aromatic amines is 1. The summed E-state index contributed by atoms with van der Waals surface area (Å²) in [5, 5.41) is 11.4. The molecule has 4 aromatic rings. The van der Waals surface area contributed by atoms with Crippen molar-refractivity contribution >= 4 is 23.7 Å². The van der Waals surface area contributed by atoms with Gasteiger partial charge in [-0.15, -0.1) is 0 Å². The number of aromatic nitrogens is 2. The topological polar surface area (TPSA) is 79.4 Å². The van der Waals surface area contributed by atoms with Crippen LogP contribution in [0.1, 0.15) is 21.6 Å². The van der Waals surface area contributed by atoms with E-state index in [1.165, 1.54) is 18.3 Å². The molecule has 0 bridgehead atoms. The van der Waals surface area contributed by atoms with Crippen LogP contribution in [0.25, 0.3) is 11.3 Å². The fourth-order valence-corrected chi connectivity index (χ4v) is 2.96. The Morgan fingerprint density at radius 1 is 1.06 bits per heavy atom. The van der Waals surface area contributed by atoms with E-state index in [2.05, 4.69) is 20.7 Å². The molecule has 6 nitrogen and oxygen atoms in total. The van der Waals surface area contributed by atoms with Gasteiger partial charge in [0, 0.05) is 10.6 Å². The molecule has 0 radical (unpaired) electrons. The molecule has 0 spiro atoms. The highest BCUT2D eigenvalue weighted by Gasteiger charge is 2.10. The normalized spacial score (nSPS) is 10.9. The monoisotopic (exact) mass is 448 g/mol. The number of hydrogen-bond acceptors (Lipinski definition) is 4. The van der Waals surface area contributed by atoms with Gasteiger partial charge in [0.05, 0.1) is 11.9 Å². The second-order valence-corrected chi connectivity index (χ2v) is 7.29. The lowest BCUT2D eigenvalue weighted by molar-refractivity contribution is 0.0950. The number of carbonyl (C=O) groups is 1. The van der Waals surface area contributed by atoms with Crippen LogP contribution in [0, 0.1) is 5.82 Å². The number of H-pyrrole nitrogens is 1. The Kier molecular flexibility index (Phi) is 6.57. The summed E-state index contributed by atoms with van der Waals surface area (Å²) < 4.78 is 18.7. The fraction of sp³-hybridized carbons (Fsp3) is 0.0417. The number of rotatable bonds is 7. The Morgan fingerprint density at radius 2 is 1.78 bits per heavy atom. The lowest BCUT2D eigenvalue weighted by Gasteiger charge is -2.07. The van der Waals surface area contributed by atoms with E-state index in [9.17, 15) is 9.18 Å². The third-order valence-corrected chi connectivity index (χ3v) is 4.79. The highest BCUT2D eigenvalue weighted by atomic mass is 35.5. The van der Waals surface area contributed by atoms with E-state index in [0.29, 0.717) is 28.6 Å². The summed E-state index contributed by atoms with van der Waals surface area (Å²) >= 11 is 5.89. The molecule has 32 heavy (non-hydrogen) atoms. The number of hydrogen-bond donors (Lipinski definition) is 2. The molecule has 160 valence electrons. The predicted octanol–water partition coefficient (Wildman–Crippen LogP) is 5.21. The molecule has 0 unspecified atom stereocenters. The van der Waals surface area contributed by atoms with Crippen LogP contribution in [0.2, 0.25) is 5.02 Å². The van der Waals surface area contributed by atoms with E-state index in [0.717, 1.165) is 11.1 Å². The molecule has 0 aliphatic carbocycles. The smallest absolute Gasteiger partial charge is 0.289 e. The molecule has 1 amide bonds. The van der Waals surface area contributed by atoms with Crippen LogP contribution in [0.15, 0.2) is 84.0 Å². The van der Waals surface area contributed by atoms with Gasteiger partial charge in [-0.05, 0) is 65.7 Å². The maximum Gasteiger partial charge on any atom is 0.289 e. The van der Waals surface area contributed by atoms with Crippen molar-refractivity contribution in [3.63, 3.8) is 0 Å². The summed E-state index contributed by atoms with van der Waals surface area (Å²) in [6, 6.07) is 22.3. The summed E-state index contributed by atoms with van der Waals surface area (Å²) in [6.45, 7) is 0.432. The average Bonchev–Trinajstić information content (AvgIpc) is 3.31. The van der Waals surface area contributed by atoms with Gasteiger partial charge in [-0.25, -0.2) is 9.82 Å². The molecular formula is C24H18ClFN4O2. The first kappa shape index (κ1) is 21.3. The lowest BCUT2D eigenvalue weighted by Crippen LogP contribution is -2.17. The molecule has 0 atom stereocenters. The Balaban J connectivity index is 1.33. The number of ether oxygens (including phenoxy) is 1. The minimum atomic E-state index is -0.440. The summed E-state index contributed by atoms with van der Waals surface area (Å²) in [5.41, 5.74) is 5.79. The van der Waals surface area contributed by atoms with Gasteiger partial charge in [0.1, 0.15) is 23.9 Å². The van der Waals surface area contributed by atoms with Crippen LogP contribution in [0.3, 0.4) is 0 Å². The fourth-order valence-electron chi connectivity index (χ4n) is 2.83. The summed E-state index contributed by atoms with van der Waals surface area (Å²) in [5.74, 6) is -0.0605. The van der Waals surface area contributed by atoms with Crippen molar-refractivity contribution in [2.45, 2.75) is 6.61 Å². The highest BCUT2D eigenvalue weighted by Crippen LogP contribution is 2.22. The van der Waals surface area contributed by atoms with Crippen LogP contribution in [-0.2, 0) is 6.61 Å². The Labute approximate surface area is 188 Å². The standard InChI is InChI=1S/C24H18ClFN4O2/c25-19-7-1-17(2-8-19)15-32-21-11-5-18(6-12-21)22-13-23(29-28-22)24(31)30-27-14-16-3-9-20(26)10-4-16/h1-14H,15H2,(H,28,29)(H,30,31)/b27-14-. The first-order chi connectivity index (χ1) is 15.6. The number of halogens is 2. The molecule has 8 heteroatoms. The van der Waals surface area contributed by atoms with Crippen LogP contribution in [-0.4, -0.2) is 22.3 Å². The third kappa shape index (κ3) is 5.59. The molecule has 0 aliphatic rings. The Morgan fingerprint density at radius 3 is 2.50 bits per heavy atom. The second kappa shape index (κ2) is 9.89. The first-order valence-electron chi connectivity index (χ1n) is 9.69. The molecule has 0 saturated heterocycles. The first-order valence-corrected chi connectivity index (χ1v) is 10.1. The molecule has 0 saturated carbocycles. The van der Waals surface area contributed by atoms with Crippen molar-refractivity contribution in [2.75, 3.05) is 0 Å². The van der Waals surface area contributed by atoms with E-state index >= 15 is 0 Å². The zero-order valence-electron chi connectivity index (χ0n) is 16.8. The van der Waals surface area contributed by atoms with E-state index in [-0.39, 0.29) is 11.5 Å². The second-order valence-electron chi connectivity index (χ2n) is 6.86. The Bertz CT molecular complexity index is 1220. The van der Waals surface area contributed by atoms with Gasteiger partial charge in [-0.1, -0.05) is 35.9 Å². The minimum Gasteiger partial charge on any atom is -0.489 e. The number of benzene rings is 3. The van der Waals surface area contributed by atoms with Crippen LogP contribution in [0.4, 0.5) is 4.39 Å². The SMILES string of the molecule is O=C(N/N=C\c1ccc(F)cc1)c1cc(-c2ccc(OCc3ccc(Cl)cc3)cc2)n[nH]1. The van der Waals surface area contributed by atoms with Gasteiger partial charge in [0.25, 0.3) is 5.91 Å². The molecule has 1 heterocycles. The van der Waals surface area contributed by atoms with Crippen molar-refractivity contribution in [1.29, 1.82) is 0 Å². The molecule has 0 aliphatic heterocycles. The molecular weight excluding hydrogens is 431 g/mol. The van der Waals surface area contributed by atoms with Crippen LogP contribution < -0.4 is 10.2 Å². The van der Waals surface area contributed by atoms with Gasteiger partial charge >= 0.3 is 0 Å². The van der Waals surface area contributed by atoms with Gasteiger partial charge < -0.3 is 4.74 Å².